The molecule has 31 heavy (non-hydrogen) atoms. The number of rotatable bonds is 3. The lowest BCUT2D eigenvalue weighted by atomic mass is 9.77. The van der Waals surface area contributed by atoms with E-state index in [2.05, 4.69) is 95.2 Å². The van der Waals surface area contributed by atoms with Gasteiger partial charge in [0.25, 0.3) is 0 Å². The van der Waals surface area contributed by atoms with Gasteiger partial charge >= 0.3 is 6.16 Å². The molecule has 0 N–H and O–H groups in total. The Labute approximate surface area is 193 Å². The van der Waals surface area contributed by atoms with Crippen LogP contribution in [0.3, 0.4) is 0 Å². The second-order valence-corrected chi connectivity index (χ2v) is 13.3. The van der Waals surface area contributed by atoms with Crippen molar-refractivity contribution < 1.29 is 14.3 Å². The lowest BCUT2D eigenvalue weighted by Crippen LogP contribution is -2.28. The Kier molecular flexibility index (Phi) is 9.90. The minimum atomic E-state index is -0.648. The van der Waals surface area contributed by atoms with Gasteiger partial charge in [-0.15, -0.1) is 0 Å². The van der Waals surface area contributed by atoms with Gasteiger partial charge < -0.3 is 9.47 Å². The Morgan fingerprint density at radius 3 is 1.42 bits per heavy atom. The predicted molar refractivity (Wildman–Crippen MR) is 135 cm³/mol. The topological polar surface area (TPSA) is 35.5 Å². The summed E-state index contributed by atoms with van der Waals surface area (Å²) in [5, 5.41) is 0. The van der Waals surface area contributed by atoms with E-state index in [1.165, 1.54) is 5.56 Å². The van der Waals surface area contributed by atoms with Crippen molar-refractivity contribution in [2.75, 3.05) is 0 Å². The van der Waals surface area contributed by atoms with E-state index in [1.54, 1.807) is 0 Å². The van der Waals surface area contributed by atoms with Crippen molar-refractivity contribution in [1.82, 2.24) is 0 Å². The van der Waals surface area contributed by atoms with E-state index in [0.717, 1.165) is 17.5 Å². The summed E-state index contributed by atoms with van der Waals surface area (Å²) in [6.45, 7) is 31.6. The molecule has 1 unspecified atom stereocenters. The zero-order valence-electron chi connectivity index (χ0n) is 23.2. The molecule has 1 aromatic carbocycles. The molecule has 0 saturated heterocycles. The van der Waals surface area contributed by atoms with E-state index in [9.17, 15) is 4.79 Å². The number of hydrogen-bond donors (Lipinski definition) is 0. The maximum absolute atomic E-state index is 12.4. The molecule has 0 heterocycles. The van der Waals surface area contributed by atoms with Crippen LogP contribution in [-0.4, -0.2) is 11.8 Å². The van der Waals surface area contributed by atoms with Gasteiger partial charge in [0.05, 0.1) is 0 Å². The van der Waals surface area contributed by atoms with Crippen LogP contribution in [0.4, 0.5) is 4.79 Å². The first kappa shape index (κ1) is 29.5. The van der Waals surface area contributed by atoms with Gasteiger partial charge in [0.2, 0.25) is 0 Å². The quantitative estimate of drug-likeness (QED) is 0.351. The molecule has 180 valence electrons. The van der Waals surface area contributed by atoms with E-state index < -0.39 is 11.8 Å². The molecular formula is C28H50O3. The molecule has 0 bridgehead atoms. The third-order valence-corrected chi connectivity index (χ3v) is 4.48. The molecule has 3 nitrogen and oxygen atoms in total. The molecule has 0 fully saturated rings. The van der Waals surface area contributed by atoms with Crippen molar-refractivity contribution in [2.24, 2.45) is 5.41 Å². The molecule has 0 aliphatic carbocycles. The third-order valence-electron chi connectivity index (χ3n) is 4.48. The summed E-state index contributed by atoms with van der Waals surface area (Å²) in [6.07, 6.45) is 0.421. The number of hydrogen-bond acceptors (Lipinski definition) is 3. The average Bonchev–Trinajstić information content (AvgIpc) is 2.48. The van der Waals surface area contributed by atoms with Crippen LogP contribution in [0.5, 0.6) is 5.75 Å². The molecule has 0 amide bonds. The fourth-order valence-electron chi connectivity index (χ4n) is 2.75. The molecule has 0 aliphatic rings. The molecule has 1 rings (SSSR count). The standard InChI is InChI=1S/C23H38O3.C5H12/c1-12-15(2)16-13-17(21(3,4)5)19(18(14-16)22(6,7)8)25-20(24)26-23(9,10)11;1-5(2,3)4/h13-15H,12H2,1-11H3;1-4H3. The van der Waals surface area contributed by atoms with Crippen LogP contribution in [0, 0.1) is 5.41 Å². The second-order valence-electron chi connectivity index (χ2n) is 13.3. The Balaban J connectivity index is 0.00000161. The average molecular weight is 435 g/mol. The SMILES string of the molecule is CC(C)(C)C.CCC(C)c1cc(C(C)(C)C)c(OC(=O)OC(C)(C)C)c(C(C)(C)C)c1. The van der Waals surface area contributed by atoms with Gasteiger partial charge in [-0.1, -0.05) is 95.2 Å². The molecule has 0 aliphatic heterocycles. The molecule has 3 heteroatoms. The van der Waals surface area contributed by atoms with Crippen molar-refractivity contribution in [3.8, 4) is 5.75 Å². The van der Waals surface area contributed by atoms with Gasteiger partial charge in [-0.25, -0.2) is 4.79 Å². The Morgan fingerprint density at radius 2 is 1.16 bits per heavy atom. The Morgan fingerprint density at radius 1 is 0.806 bits per heavy atom. The van der Waals surface area contributed by atoms with Gasteiger partial charge in [0.1, 0.15) is 11.4 Å². The van der Waals surface area contributed by atoms with Crippen LogP contribution in [0.2, 0.25) is 0 Å². The van der Waals surface area contributed by atoms with Gasteiger partial charge in [-0.3, -0.25) is 0 Å². The van der Waals surface area contributed by atoms with Gasteiger partial charge in [-0.05, 0) is 54.9 Å². The van der Waals surface area contributed by atoms with Crippen LogP contribution in [0.25, 0.3) is 0 Å². The first-order valence-corrected chi connectivity index (χ1v) is 11.7. The highest BCUT2D eigenvalue weighted by atomic mass is 16.7. The number of carbonyl (C=O) groups is 1. The zero-order chi connectivity index (χ0) is 25.0. The smallest absolute Gasteiger partial charge is 0.428 e. The molecule has 1 atom stereocenters. The van der Waals surface area contributed by atoms with Crippen molar-refractivity contribution in [1.29, 1.82) is 0 Å². The lowest BCUT2D eigenvalue weighted by Gasteiger charge is -2.31. The number of benzene rings is 1. The van der Waals surface area contributed by atoms with E-state index in [0.29, 0.717) is 17.1 Å². The van der Waals surface area contributed by atoms with Gasteiger partial charge in [-0.2, -0.15) is 0 Å². The number of carbonyl (C=O) groups excluding carboxylic acids is 1. The van der Waals surface area contributed by atoms with Crippen LogP contribution in [0.1, 0.15) is 133 Å². The molecule has 0 saturated carbocycles. The summed E-state index contributed by atoms with van der Waals surface area (Å²) < 4.78 is 11.2. The van der Waals surface area contributed by atoms with Crippen molar-refractivity contribution in [2.45, 2.75) is 133 Å². The minimum absolute atomic E-state index is 0.152. The normalized spacial score (nSPS) is 13.8. The highest BCUT2D eigenvalue weighted by Crippen LogP contribution is 2.42. The maximum atomic E-state index is 12.4. The van der Waals surface area contributed by atoms with Gasteiger partial charge in [0, 0.05) is 11.1 Å². The fourth-order valence-corrected chi connectivity index (χ4v) is 2.75. The van der Waals surface area contributed by atoms with Crippen molar-refractivity contribution in [3.63, 3.8) is 0 Å². The van der Waals surface area contributed by atoms with Crippen molar-refractivity contribution in [3.05, 3.63) is 28.8 Å². The van der Waals surface area contributed by atoms with Crippen LogP contribution >= 0.6 is 0 Å². The second kappa shape index (κ2) is 10.4. The summed E-state index contributed by atoms with van der Waals surface area (Å²) in [5.74, 6) is 1.10. The Bertz CT molecular complexity index is 676. The molecule has 0 aromatic heterocycles. The molecular weight excluding hydrogens is 384 g/mol. The largest absolute Gasteiger partial charge is 0.514 e. The third kappa shape index (κ3) is 11.6. The summed E-state index contributed by atoms with van der Waals surface area (Å²) in [4.78, 5) is 12.4. The number of ether oxygens (including phenoxy) is 2. The van der Waals surface area contributed by atoms with Crippen LogP contribution < -0.4 is 4.74 Å². The summed E-state index contributed by atoms with van der Waals surface area (Å²) >= 11 is 0. The summed E-state index contributed by atoms with van der Waals surface area (Å²) in [7, 11) is 0. The fraction of sp³-hybridized carbons (Fsp3) is 0.750. The first-order valence-electron chi connectivity index (χ1n) is 11.7. The summed E-state index contributed by atoms with van der Waals surface area (Å²) in [5.41, 5.74) is 3.00. The van der Waals surface area contributed by atoms with Gasteiger partial charge in [0.15, 0.2) is 0 Å². The maximum Gasteiger partial charge on any atom is 0.514 e. The van der Waals surface area contributed by atoms with Crippen LogP contribution in [0.15, 0.2) is 12.1 Å². The highest BCUT2D eigenvalue weighted by molar-refractivity contribution is 5.67. The van der Waals surface area contributed by atoms with Crippen LogP contribution in [-0.2, 0) is 15.6 Å². The minimum Gasteiger partial charge on any atom is -0.428 e. The molecule has 0 spiro atoms. The Hall–Kier alpha value is -1.51. The molecule has 0 radical (unpaired) electrons. The van der Waals surface area contributed by atoms with E-state index in [4.69, 9.17) is 9.47 Å². The zero-order valence-corrected chi connectivity index (χ0v) is 23.2. The van der Waals surface area contributed by atoms with E-state index >= 15 is 0 Å². The summed E-state index contributed by atoms with van der Waals surface area (Å²) in [6, 6.07) is 4.40. The van der Waals surface area contributed by atoms with E-state index in [-0.39, 0.29) is 10.8 Å². The monoisotopic (exact) mass is 434 g/mol. The van der Waals surface area contributed by atoms with E-state index in [1.807, 2.05) is 20.8 Å². The molecule has 1 aromatic rings. The lowest BCUT2D eigenvalue weighted by molar-refractivity contribution is 0.0199. The highest BCUT2D eigenvalue weighted by Gasteiger charge is 2.31. The predicted octanol–water partition coefficient (Wildman–Crippen LogP) is 9.16. The first-order chi connectivity index (χ1) is 13.6. The van der Waals surface area contributed by atoms with Crippen molar-refractivity contribution >= 4 is 6.16 Å².